The van der Waals surface area contributed by atoms with Crippen LogP contribution in [0.25, 0.3) is 0 Å². The van der Waals surface area contributed by atoms with Gasteiger partial charge < -0.3 is 9.47 Å². The highest BCUT2D eigenvalue weighted by Gasteiger charge is 2.66. The van der Waals surface area contributed by atoms with Crippen LogP contribution in [-0.2, 0) is 19.1 Å². The Kier molecular flexibility index (Phi) is 4.56. The van der Waals surface area contributed by atoms with E-state index in [-0.39, 0.29) is 17.9 Å². The predicted molar refractivity (Wildman–Crippen MR) is 109 cm³/mol. The van der Waals surface area contributed by atoms with Gasteiger partial charge in [-0.05, 0) is 68.9 Å². The lowest BCUT2D eigenvalue weighted by Gasteiger charge is -2.54. The van der Waals surface area contributed by atoms with Gasteiger partial charge in [0.15, 0.2) is 0 Å². The largest absolute Gasteiger partial charge is 0.427 e. The summed E-state index contributed by atoms with van der Waals surface area (Å²) in [5, 5.41) is 0. The molecule has 0 radical (unpaired) electrons. The topological polar surface area (TPSA) is 52.6 Å². The van der Waals surface area contributed by atoms with Crippen molar-refractivity contribution in [2.24, 2.45) is 23.2 Å². The zero-order chi connectivity index (χ0) is 20.2. The summed E-state index contributed by atoms with van der Waals surface area (Å²) in [6.45, 7) is 4.30. The van der Waals surface area contributed by atoms with Gasteiger partial charge in [0.25, 0.3) is 0 Å². The van der Waals surface area contributed by atoms with Crippen molar-refractivity contribution in [3.8, 4) is 0 Å². The summed E-state index contributed by atoms with van der Waals surface area (Å²) >= 11 is 0. The maximum atomic E-state index is 13.1. The highest BCUT2D eigenvalue weighted by molar-refractivity contribution is 5.99. The van der Waals surface area contributed by atoms with E-state index >= 15 is 0 Å². The van der Waals surface area contributed by atoms with Gasteiger partial charge in [-0.1, -0.05) is 32.8 Å². The Hall–Kier alpha value is -2.10. The van der Waals surface area contributed by atoms with Gasteiger partial charge in [-0.3, -0.25) is 0 Å². The second kappa shape index (κ2) is 7.00. The molecule has 2 heterocycles. The average Bonchev–Trinajstić information content (AvgIpc) is 3.21. The Morgan fingerprint density at radius 1 is 1.07 bits per heavy atom. The van der Waals surface area contributed by atoms with Gasteiger partial charge in [-0.2, -0.15) is 0 Å². The lowest BCUT2D eigenvalue weighted by Crippen LogP contribution is -2.50. The molecule has 6 aliphatic rings. The number of cyclic esters (lactones) is 2. The first-order chi connectivity index (χ1) is 14.1. The summed E-state index contributed by atoms with van der Waals surface area (Å²) in [4.78, 5) is 25.9. The monoisotopic (exact) mass is 394 g/mol. The van der Waals surface area contributed by atoms with E-state index in [1.54, 1.807) is 0 Å². The highest BCUT2D eigenvalue weighted by Crippen LogP contribution is 2.68. The summed E-state index contributed by atoms with van der Waals surface area (Å²) in [7, 11) is 0. The van der Waals surface area contributed by atoms with Crippen LogP contribution < -0.4 is 0 Å². The normalized spacial score (nSPS) is 37.4. The van der Waals surface area contributed by atoms with E-state index in [9.17, 15) is 9.59 Å². The van der Waals surface area contributed by atoms with Crippen molar-refractivity contribution >= 4 is 11.9 Å². The van der Waals surface area contributed by atoms with E-state index < -0.39 is 5.41 Å². The van der Waals surface area contributed by atoms with E-state index in [4.69, 9.17) is 9.47 Å². The van der Waals surface area contributed by atoms with Crippen molar-refractivity contribution in [1.82, 2.24) is 0 Å². The smallest absolute Gasteiger partial charge is 0.340 e. The van der Waals surface area contributed by atoms with Crippen molar-refractivity contribution in [2.45, 2.75) is 71.6 Å². The molecule has 1 saturated carbocycles. The number of hydrogen-bond acceptors (Lipinski definition) is 4. The number of fused-ring (bicyclic) bond motifs is 1. The Balaban J connectivity index is 1.63. The van der Waals surface area contributed by atoms with Crippen LogP contribution in [-0.4, -0.2) is 11.9 Å². The van der Waals surface area contributed by atoms with Crippen LogP contribution in [0.1, 0.15) is 71.6 Å². The average molecular weight is 395 g/mol. The molecule has 1 saturated heterocycles. The number of allylic oxidation sites excluding steroid dienone is 5. The summed E-state index contributed by atoms with van der Waals surface area (Å²) in [5.74, 6) is 1.97. The van der Waals surface area contributed by atoms with Crippen LogP contribution in [0.3, 0.4) is 0 Å². The maximum absolute atomic E-state index is 13.1. The zero-order valence-corrected chi connectivity index (χ0v) is 17.5. The van der Waals surface area contributed by atoms with E-state index in [1.165, 1.54) is 0 Å². The molecule has 0 amide bonds. The fourth-order valence-electron chi connectivity index (χ4n) is 6.45. The van der Waals surface area contributed by atoms with E-state index in [0.29, 0.717) is 11.8 Å². The van der Waals surface area contributed by atoms with Crippen LogP contribution in [0.2, 0.25) is 0 Å². The molecule has 4 nitrogen and oxygen atoms in total. The third-order valence-electron chi connectivity index (χ3n) is 7.69. The molecule has 0 aromatic heterocycles. The molecule has 1 spiro atoms. The van der Waals surface area contributed by atoms with Crippen LogP contribution in [0.4, 0.5) is 0 Å². The maximum Gasteiger partial charge on any atom is 0.340 e. The Morgan fingerprint density at radius 3 is 2.72 bits per heavy atom. The van der Waals surface area contributed by atoms with Crippen LogP contribution in [0.5, 0.6) is 0 Å². The number of unbranched alkanes of at least 4 members (excludes halogenated alkanes) is 3. The van der Waals surface area contributed by atoms with Gasteiger partial charge in [-0.25, -0.2) is 9.59 Å². The lowest BCUT2D eigenvalue weighted by molar-refractivity contribution is -0.135. The molecule has 4 atom stereocenters. The molecule has 154 valence electrons. The molecular formula is C25H30O4. The molecular weight excluding hydrogens is 364 g/mol. The van der Waals surface area contributed by atoms with E-state index in [1.807, 2.05) is 0 Å². The molecule has 6 rings (SSSR count). The first-order valence-corrected chi connectivity index (χ1v) is 11.4. The lowest BCUT2D eigenvalue weighted by atomic mass is 9.47. The third-order valence-corrected chi connectivity index (χ3v) is 7.69. The van der Waals surface area contributed by atoms with Crippen LogP contribution in [0, 0.1) is 23.2 Å². The minimum Gasteiger partial charge on any atom is -0.427 e. The van der Waals surface area contributed by atoms with Gasteiger partial charge in [-0.15, -0.1) is 0 Å². The molecule has 0 N–H and O–H groups in total. The first kappa shape index (κ1) is 18.9. The van der Waals surface area contributed by atoms with Crippen molar-refractivity contribution in [2.75, 3.05) is 0 Å². The molecule has 0 aromatic carbocycles. The zero-order valence-electron chi connectivity index (χ0n) is 17.5. The van der Waals surface area contributed by atoms with Gasteiger partial charge in [0.1, 0.15) is 11.5 Å². The number of ether oxygens (including phenoxy) is 2. The van der Waals surface area contributed by atoms with Crippen molar-refractivity contribution in [3.63, 3.8) is 0 Å². The van der Waals surface area contributed by atoms with Gasteiger partial charge in [0.05, 0.1) is 5.41 Å². The fourth-order valence-corrected chi connectivity index (χ4v) is 6.45. The van der Waals surface area contributed by atoms with Gasteiger partial charge in [0, 0.05) is 22.6 Å². The number of carbonyl (C=O) groups is 2. The third kappa shape index (κ3) is 2.57. The SMILES string of the molecule is CCCC=C1OC(=O)C2=CC3CCC12C1C2=C(CCC31)C(=CCCCC)OC2=O. The molecule has 4 aliphatic carbocycles. The van der Waals surface area contributed by atoms with Crippen LogP contribution >= 0.6 is 0 Å². The van der Waals surface area contributed by atoms with Crippen molar-refractivity contribution < 1.29 is 19.1 Å². The standard InChI is InChI=1S/C25H30O4/c1-3-5-7-8-19-17-11-10-16-15-12-13-25(22(16)21(17)24(27)28-19)18(14-15)23(26)29-20(25)9-6-4-2/h8-9,14-16,22H,3-7,10-13H2,1-2H3. The molecule has 2 aliphatic heterocycles. The number of esters is 2. The Labute approximate surface area is 172 Å². The second-order valence-corrected chi connectivity index (χ2v) is 9.17. The summed E-state index contributed by atoms with van der Waals surface area (Å²) in [5.41, 5.74) is 2.30. The molecule has 2 fully saturated rings. The predicted octanol–water partition coefficient (Wildman–Crippen LogP) is 5.52. The number of hydrogen-bond donors (Lipinski definition) is 0. The Bertz CT molecular complexity index is 886. The second-order valence-electron chi connectivity index (χ2n) is 9.17. The summed E-state index contributed by atoms with van der Waals surface area (Å²) in [6, 6.07) is 0. The minimum absolute atomic E-state index is 0.0177. The summed E-state index contributed by atoms with van der Waals surface area (Å²) in [6.07, 6.45) is 15.4. The molecule has 29 heavy (non-hydrogen) atoms. The molecule has 2 bridgehead atoms. The van der Waals surface area contributed by atoms with Crippen molar-refractivity contribution in [3.05, 3.63) is 46.5 Å². The quantitative estimate of drug-likeness (QED) is 0.455. The van der Waals surface area contributed by atoms with Gasteiger partial charge >= 0.3 is 11.9 Å². The van der Waals surface area contributed by atoms with E-state index in [0.717, 1.165) is 86.0 Å². The number of rotatable bonds is 5. The van der Waals surface area contributed by atoms with Crippen molar-refractivity contribution in [1.29, 1.82) is 0 Å². The minimum atomic E-state index is -0.454. The fraction of sp³-hybridized carbons (Fsp3) is 0.600. The molecule has 4 heteroatoms. The summed E-state index contributed by atoms with van der Waals surface area (Å²) < 4.78 is 11.6. The Morgan fingerprint density at radius 2 is 1.93 bits per heavy atom. The molecule has 0 aromatic rings. The van der Waals surface area contributed by atoms with Crippen LogP contribution in [0.15, 0.2) is 46.5 Å². The van der Waals surface area contributed by atoms with Gasteiger partial charge in [0.2, 0.25) is 0 Å². The van der Waals surface area contributed by atoms with E-state index in [2.05, 4.69) is 32.1 Å². The number of carbonyl (C=O) groups excluding carboxylic acids is 2. The molecule has 4 unspecified atom stereocenters. The highest BCUT2D eigenvalue weighted by atomic mass is 16.5. The first-order valence-electron chi connectivity index (χ1n) is 11.4.